The number of terminal acetylenes is 1. The molecule has 1 aromatic heterocycles. The van der Waals surface area contributed by atoms with Crippen LogP contribution in [0.3, 0.4) is 0 Å². The molecule has 2 aliphatic rings. The Kier molecular flexibility index (Phi) is 13.1. The second-order valence-electron chi connectivity index (χ2n) is 8.38. The average Bonchev–Trinajstić information content (AvgIpc) is 2.87. The molecule has 1 aromatic rings. The molecular weight excluding hydrogens is 515 g/mol. The number of carbonyl (C=O) groups is 1. The summed E-state index contributed by atoms with van der Waals surface area (Å²) < 4.78 is 76.0. The third kappa shape index (κ3) is 11.1. The molecule has 0 unspecified atom stereocenters. The van der Waals surface area contributed by atoms with Crippen molar-refractivity contribution in [3.63, 3.8) is 0 Å². The van der Waals surface area contributed by atoms with Gasteiger partial charge in [0.1, 0.15) is 11.8 Å². The Hall–Kier alpha value is -2.59. The number of halogens is 3. The van der Waals surface area contributed by atoms with Crippen molar-refractivity contribution in [3.8, 4) is 18.7 Å². The summed E-state index contributed by atoms with van der Waals surface area (Å²) in [5, 5.41) is -0.0934. The maximum absolute atomic E-state index is 12.2. The molecule has 0 bridgehead atoms. The highest BCUT2D eigenvalue weighted by Gasteiger charge is 2.33. The zero-order chi connectivity index (χ0) is 28.2. The molecule has 2 fully saturated rings. The molecule has 0 radical (unpaired) electrons. The van der Waals surface area contributed by atoms with E-state index in [0.717, 1.165) is 31.9 Å². The van der Waals surface area contributed by atoms with Gasteiger partial charge in [0, 0.05) is 19.3 Å². The fourth-order valence-electron chi connectivity index (χ4n) is 3.87. The van der Waals surface area contributed by atoms with Crippen LogP contribution in [0.4, 0.5) is 18.0 Å². The van der Waals surface area contributed by atoms with Crippen LogP contribution in [0.2, 0.25) is 0 Å². The van der Waals surface area contributed by atoms with Gasteiger partial charge in [0.05, 0.1) is 18.4 Å². The van der Waals surface area contributed by atoms with E-state index < -0.39 is 28.7 Å². The topological polar surface area (TPSA) is 108 Å². The van der Waals surface area contributed by atoms with Crippen molar-refractivity contribution >= 4 is 15.9 Å². The predicted molar refractivity (Wildman–Crippen MR) is 131 cm³/mol. The Morgan fingerprint density at radius 1 is 1.05 bits per heavy atom. The highest BCUT2D eigenvalue weighted by atomic mass is 32.2. The van der Waals surface area contributed by atoms with E-state index in [1.807, 2.05) is 13.8 Å². The highest BCUT2D eigenvalue weighted by molar-refractivity contribution is 7.90. The van der Waals surface area contributed by atoms with Crippen molar-refractivity contribution in [2.75, 3.05) is 26.0 Å². The van der Waals surface area contributed by atoms with Crippen LogP contribution in [0.5, 0.6) is 5.88 Å². The van der Waals surface area contributed by atoms with E-state index in [2.05, 4.69) is 27.6 Å². The van der Waals surface area contributed by atoms with Crippen LogP contribution in [0.25, 0.3) is 0 Å². The minimum absolute atomic E-state index is 0.0402. The summed E-state index contributed by atoms with van der Waals surface area (Å²) in [6.45, 7) is 4.65. The highest BCUT2D eigenvalue weighted by Crippen LogP contribution is 2.28. The lowest BCUT2D eigenvalue weighted by Crippen LogP contribution is -2.43. The Morgan fingerprint density at radius 2 is 1.57 bits per heavy atom. The third-order valence-electron chi connectivity index (χ3n) is 5.60. The number of nitrogens with zero attached hydrogens (tertiary/aromatic N) is 3. The molecule has 0 aromatic carbocycles. The van der Waals surface area contributed by atoms with Crippen LogP contribution in [0.15, 0.2) is 11.2 Å². The maximum atomic E-state index is 12.2. The van der Waals surface area contributed by atoms with Crippen molar-refractivity contribution in [3.05, 3.63) is 11.9 Å². The smallest absolute Gasteiger partial charge is 0.422 e. The molecule has 13 heteroatoms. The molecule has 37 heavy (non-hydrogen) atoms. The van der Waals surface area contributed by atoms with Gasteiger partial charge in [-0.2, -0.15) is 13.2 Å². The number of rotatable bonds is 6. The van der Waals surface area contributed by atoms with Gasteiger partial charge in [-0.1, -0.05) is 13.8 Å². The predicted octanol–water partition coefficient (Wildman–Crippen LogP) is 4.33. The quantitative estimate of drug-likeness (QED) is 0.481. The second-order valence-corrected chi connectivity index (χ2v) is 10.3. The number of aromatic nitrogens is 2. The summed E-state index contributed by atoms with van der Waals surface area (Å²) in [6.07, 6.45) is 8.78. The number of aryl methyl sites for hydroxylation is 1. The van der Waals surface area contributed by atoms with E-state index in [9.17, 15) is 26.4 Å². The van der Waals surface area contributed by atoms with E-state index in [0.29, 0.717) is 37.5 Å². The molecule has 3 rings (SSSR count). The van der Waals surface area contributed by atoms with Crippen molar-refractivity contribution in [2.24, 2.45) is 0 Å². The van der Waals surface area contributed by atoms with E-state index in [4.69, 9.17) is 9.47 Å². The number of likely N-dealkylation sites (tertiary alicyclic amines) is 1. The lowest BCUT2D eigenvalue weighted by Gasteiger charge is -2.35. The van der Waals surface area contributed by atoms with Crippen molar-refractivity contribution < 1.29 is 40.6 Å². The first-order chi connectivity index (χ1) is 17.4. The summed E-state index contributed by atoms with van der Waals surface area (Å²) in [5.74, 6) is 0.316. The van der Waals surface area contributed by atoms with Gasteiger partial charge in [-0.3, -0.25) is 0 Å². The molecule has 2 heterocycles. The van der Waals surface area contributed by atoms with Crippen LogP contribution >= 0.6 is 0 Å². The first kappa shape index (κ1) is 32.4. The summed E-state index contributed by atoms with van der Waals surface area (Å²) in [6, 6.07) is 0. The fraction of sp³-hybridized carbons (Fsp3) is 0.708. The van der Waals surface area contributed by atoms with Crippen LogP contribution < -0.4 is 4.74 Å². The minimum atomic E-state index is -4.54. The van der Waals surface area contributed by atoms with E-state index in [1.165, 1.54) is 11.1 Å². The van der Waals surface area contributed by atoms with Crippen molar-refractivity contribution in [1.29, 1.82) is 0 Å². The Bertz CT molecular complexity index is 972. The summed E-state index contributed by atoms with van der Waals surface area (Å²) >= 11 is 0. The zero-order valence-corrected chi connectivity index (χ0v) is 22.5. The van der Waals surface area contributed by atoms with Crippen LogP contribution in [0, 0.1) is 19.8 Å². The SMILES string of the molecule is C#C.CC.Cc1nc(S(C)(=O)=O)cnc1OC1CCC(OC2CCN(C(=O)OCC(F)(F)F)CC2)CC1. The van der Waals surface area contributed by atoms with Gasteiger partial charge in [0.15, 0.2) is 21.5 Å². The first-order valence-corrected chi connectivity index (χ1v) is 14.0. The molecule has 0 atom stereocenters. The lowest BCUT2D eigenvalue weighted by atomic mass is 9.94. The number of sulfone groups is 1. The molecule has 1 saturated heterocycles. The molecule has 0 spiro atoms. The molecular formula is C24H36F3N3O6S. The fourth-order valence-corrected chi connectivity index (χ4v) is 4.42. The summed E-state index contributed by atoms with van der Waals surface area (Å²) in [7, 11) is -3.43. The monoisotopic (exact) mass is 551 g/mol. The summed E-state index contributed by atoms with van der Waals surface area (Å²) in [5.41, 5.74) is 0.414. The molecule has 1 aliphatic heterocycles. The third-order valence-corrected chi connectivity index (χ3v) is 6.56. The minimum Gasteiger partial charge on any atom is -0.473 e. The average molecular weight is 552 g/mol. The van der Waals surface area contributed by atoms with Crippen LogP contribution in [0.1, 0.15) is 58.1 Å². The number of hydrogen-bond donors (Lipinski definition) is 0. The number of piperidine rings is 1. The van der Waals surface area contributed by atoms with Gasteiger partial charge < -0.3 is 19.1 Å². The first-order valence-electron chi connectivity index (χ1n) is 12.1. The molecule has 210 valence electrons. The Morgan fingerprint density at radius 3 is 2.05 bits per heavy atom. The van der Waals surface area contributed by atoms with E-state index in [1.54, 1.807) is 6.92 Å². The van der Waals surface area contributed by atoms with Gasteiger partial charge in [0.25, 0.3) is 0 Å². The second kappa shape index (κ2) is 15.0. The Labute approximate surface area is 217 Å². The molecule has 0 N–H and O–H groups in total. The van der Waals surface area contributed by atoms with E-state index >= 15 is 0 Å². The molecule has 9 nitrogen and oxygen atoms in total. The number of alkyl halides is 3. The Balaban J connectivity index is 0.00000163. The van der Waals surface area contributed by atoms with Crippen LogP contribution in [-0.2, 0) is 19.3 Å². The van der Waals surface area contributed by atoms with E-state index in [-0.39, 0.29) is 23.3 Å². The van der Waals surface area contributed by atoms with Gasteiger partial charge in [-0.15, -0.1) is 12.8 Å². The van der Waals surface area contributed by atoms with Gasteiger partial charge in [0.2, 0.25) is 5.88 Å². The van der Waals surface area contributed by atoms with Gasteiger partial charge in [-0.05, 0) is 45.4 Å². The maximum Gasteiger partial charge on any atom is 0.422 e. The number of amides is 1. The van der Waals surface area contributed by atoms with Crippen molar-refractivity contribution in [2.45, 2.75) is 88.8 Å². The van der Waals surface area contributed by atoms with Gasteiger partial charge in [-0.25, -0.2) is 23.2 Å². The molecule has 1 amide bonds. The zero-order valence-electron chi connectivity index (χ0n) is 21.7. The number of ether oxygens (including phenoxy) is 3. The van der Waals surface area contributed by atoms with Gasteiger partial charge >= 0.3 is 12.3 Å². The molecule has 1 saturated carbocycles. The summed E-state index contributed by atoms with van der Waals surface area (Å²) in [4.78, 5) is 21.2. The number of hydrogen-bond acceptors (Lipinski definition) is 8. The standard InChI is InChI=1S/C20H28F3N3O6S.C2H6.C2H2/c1-13-18(24-11-17(25-13)33(2,28)29)32-15-5-3-14(4-6-15)31-16-7-9-26(10-8-16)19(27)30-12-20(21,22)23;2*1-2/h11,14-16H,3-10,12H2,1-2H3;1-2H3;1-2H. The van der Waals surface area contributed by atoms with Crippen molar-refractivity contribution in [1.82, 2.24) is 14.9 Å². The largest absolute Gasteiger partial charge is 0.473 e. The number of carbonyl (C=O) groups excluding carboxylic acids is 1. The van der Waals surface area contributed by atoms with Crippen LogP contribution in [-0.4, -0.2) is 79.8 Å². The molecule has 1 aliphatic carbocycles. The lowest BCUT2D eigenvalue weighted by molar-refractivity contribution is -0.163. The normalized spacial score (nSPS) is 20.5.